The molecule has 0 aliphatic carbocycles. The van der Waals surface area contributed by atoms with Gasteiger partial charge in [-0.25, -0.2) is 4.79 Å². The first-order chi connectivity index (χ1) is 5.95. The molecule has 0 saturated heterocycles. The van der Waals surface area contributed by atoms with Crippen LogP contribution in [0.4, 0.5) is 0 Å². The van der Waals surface area contributed by atoms with Crippen molar-refractivity contribution in [2.24, 2.45) is 0 Å². The third-order valence-electron chi connectivity index (χ3n) is 2.15. The van der Waals surface area contributed by atoms with Crippen LogP contribution in [-0.4, -0.2) is 35.6 Å². The Morgan fingerprint density at radius 1 is 1.54 bits per heavy atom. The number of hydrogen-bond acceptors (Lipinski definition) is 2. The molecular formula is C10H19NO2. The first-order valence-electron chi connectivity index (χ1n) is 4.55. The summed E-state index contributed by atoms with van der Waals surface area (Å²) in [6.07, 6.45) is 2.56. The molecule has 0 bridgehead atoms. The van der Waals surface area contributed by atoms with Gasteiger partial charge in [0, 0.05) is 18.2 Å². The zero-order valence-corrected chi connectivity index (χ0v) is 8.87. The molecule has 3 nitrogen and oxygen atoms in total. The number of nitrogens with zero attached hydrogens (tertiary/aromatic N) is 1. The van der Waals surface area contributed by atoms with E-state index in [0.717, 1.165) is 13.0 Å². The molecule has 0 saturated carbocycles. The molecular weight excluding hydrogens is 166 g/mol. The number of carboxylic acid groups (broad SMARTS) is 1. The number of hydrogen-bond donors (Lipinski definition) is 1. The van der Waals surface area contributed by atoms with E-state index in [2.05, 4.69) is 18.7 Å². The second-order valence-electron chi connectivity index (χ2n) is 3.56. The van der Waals surface area contributed by atoms with E-state index in [9.17, 15) is 4.79 Å². The summed E-state index contributed by atoms with van der Waals surface area (Å²) in [7, 11) is 2.04. The van der Waals surface area contributed by atoms with Crippen molar-refractivity contribution in [3.05, 3.63) is 11.6 Å². The van der Waals surface area contributed by atoms with E-state index in [1.807, 2.05) is 7.05 Å². The predicted molar refractivity (Wildman–Crippen MR) is 53.8 cm³/mol. The largest absolute Gasteiger partial charge is 0.478 e. The molecule has 0 aromatic rings. The predicted octanol–water partition coefficient (Wildman–Crippen LogP) is 1.75. The van der Waals surface area contributed by atoms with Gasteiger partial charge in [-0.2, -0.15) is 0 Å². The summed E-state index contributed by atoms with van der Waals surface area (Å²) in [6.45, 7) is 6.77. The minimum absolute atomic E-state index is 0.428. The highest BCUT2D eigenvalue weighted by molar-refractivity contribution is 5.85. The molecule has 0 unspecified atom stereocenters. The molecule has 0 aromatic carbocycles. The normalized spacial score (nSPS) is 12.6. The molecule has 3 heteroatoms. The molecule has 1 N–H and O–H groups in total. The number of carbonyl (C=O) groups is 1. The third-order valence-corrected chi connectivity index (χ3v) is 2.15. The minimum atomic E-state index is -0.827. The quantitative estimate of drug-likeness (QED) is 0.663. The fourth-order valence-corrected chi connectivity index (χ4v) is 0.830. The van der Waals surface area contributed by atoms with Crippen LogP contribution in [0.25, 0.3) is 0 Å². The van der Waals surface area contributed by atoms with Crippen LogP contribution in [0, 0.1) is 0 Å². The minimum Gasteiger partial charge on any atom is -0.478 e. The summed E-state index contributed by atoms with van der Waals surface area (Å²) in [5.74, 6) is -0.827. The Morgan fingerprint density at radius 2 is 2.08 bits per heavy atom. The Bertz CT molecular complexity index is 197. The standard InChI is InChI=1S/C10H19NO2/c1-8(2)11(4)7-5-6-9(3)10(12)13/h6,8H,5,7H2,1-4H3,(H,12,13). The van der Waals surface area contributed by atoms with Gasteiger partial charge in [0.1, 0.15) is 0 Å². The maximum Gasteiger partial charge on any atom is 0.330 e. The highest BCUT2D eigenvalue weighted by atomic mass is 16.4. The van der Waals surface area contributed by atoms with Crippen LogP contribution in [0.3, 0.4) is 0 Å². The monoisotopic (exact) mass is 185 g/mol. The van der Waals surface area contributed by atoms with Gasteiger partial charge in [0.25, 0.3) is 0 Å². The van der Waals surface area contributed by atoms with Gasteiger partial charge in [0.15, 0.2) is 0 Å². The highest BCUT2D eigenvalue weighted by Crippen LogP contribution is 1.99. The average Bonchev–Trinajstić information content (AvgIpc) is 2.03. The van der Waals surface area contributed by atoms with Crippen LogP contribution in [0.1, 0.15) is 27.2 Å². The number of aliphatic carboxylic acids is 1. The molecule has 0 heterocycles. The summed E-state index contributed by atoms with van der Waals surface area (Å²) < 4.78 is 0. The summed E-state index contributed by atoms with van der Waals surface area (Å²) in [4.78, 5) is 12.6. The highest BCUT2D eigenvalue weighted by Gasteiger charge is 2.02. The van der Waals surface area contributed by atoms with Gasteiger partial charge >= 0.3 is 5.97 Å². The molecule has 0 spiro atoms. The van der Waals surface area contributed by atoms with Crippen molar-refractivity contribution in [1.82, 2.24) is 4.90 Å². The third kappa shape index (κ3) is 5.42. The Morgan fingerprint density at radius 3 is 2.46 bits per heavy atom. The van der Waals surface area contributed by atoms with Gasteiger partial charge in [-0.1, -0.05) is 6.08 Å². The first-order valence-corrected chi connectivity index (χ1v) is 4.55. The Hall–Kier alpha value is -0.830. The first kappa shape index (κ1) is 12.2. The fourth-order valence-electron chi connectivity index (χ4n) is 0.830. The van der Waals surface area contributed by atoms with E-state index in [-0.39, 0.29) is 0 Å². The fraction of sp³-hybridized carbons (Fsp3) is 0.700. The van der Waals surface area contributed by atoms with Gasteiger partial charge in [0.05, 0.1) is 0 Å². The topological polar surface area (TPSA) is 40.5 Å². The van der Waals surface area contributed by atoms with E-state index in [1.165, 1.54) is 0 Å². The zero-order chi connectivity index (χ0) is 10.4. The van der Waals surface area contributed by atoms with Gasteiger partial charge < -0.3 is 10.0 Å². The maximum absolute atomic E-state index is 10.4. The van der Waals surface area contributed by atoms with E-state index >= 15 is 0 Å². The lowest BCUT2D eigenvalue weighted by Crippen LogP contribution is -2.26. The van der Waals surface area contributed by atoms with Crippen LogP contribution in [-0.2, 0) is 4.79 Å². The summed E-state index contributed by atoms with van der Waals surface area (Å²) in [5, 5.41) is 8.57. The van der Waals surface area contributed by atoms with Gasteiger partial charge in [-0.05, 0) is 34.2 Å². The summed E-state index contributed by atoms with van der Waals surface area (Å²) in [6, 6.07) is 0.513. The number of carboxylic acids is 1. The van der Waals surface area contributed by atoms with E-state index < -0.39 is 5.97 Å². The molecule has 0 atom stereocenters. The Kier molecular flexibility index (Phi) is 5.39. The average molecular weight is 185 g/mol. The molecule has 0 radical (unpaired) electrons. The SMILES string of the molecule is CC(=CCCN(C)C(C)C)C(=O)O. The molecule has 0 aliphatic rings. The van der Waals surface area contributed by atoms with E-state index in [0.29, 0.717) is 11.6 Å². The molecule has 76 valence electrons. The van der Waals surface area contributed by atoms with Crippen LogP contribution >= 0.6 is 0 Å². The lowest BCUT2D eigenvalue weighted by atomic mass is 10.2. The lowest BCUT2D eigenvalue weighted by Gasteiger charge is -2.19. The zero-order valence-electron chi connectivity index (χ0n) is 8.87. The Labute approximate surface area is 80.0 Å². The molecule has 0 rings (SSSR count). The van der Waals surface area contributed by atoms with Crippen molar-refractivity contribution < 1.29 is 9.90 Å². The smallest absolute Gasteiger partial charge is 0.330 e. The molecule has 13 heavy (non-hydrogen) atoms. The van der Waals surface area contributed by atoms with Crippen molar-refractivity contribution in [2.45, 2.75) is 33.2 Å². The van der Waals surface area contributed by atoms with Crippen LogP contribution in [0.2, 0.25) is 0 Å². The summed E-state index contributed by atoms with van der Waals surface area (Å²) >= 11 is 0. The molecule has 0 aromatic heterocycles. The van der Waals surface area contributed by atoms with Crippen molar-refractivity contribution in [2.75, 3.05) is 13.6 Å². The lowest BCUT2D eigenvalue weighted by molar-refractivity contribution is -0.132. The van der Waals surface area contributed by atoms with E-state index in [4.69, 9.17) is 5.11 Å². The van der Waals surface area contributed by atoms with Crippen LogP contribution in [0.5, 0.6) is 0 Å². The van der Waals surface area contributed by atoms with Gasteiger partial charge in [-0.15, -0.1) is 0 Å². The summed E-state index contributed by atoms with van der Waals surface area (Å²) in [5.41, 5.74) is 0.428. The second-order valence-corrected chi connectivity index (χ2v) is 3.56. The number of rotatable bonds is 5. The Balaban J connectivity index is 3.79. The van der Waals surface area contributed by atoms with Crippen molar-refractivity contribution in [3.8, 4) is 0 Å². The van der Waals surface area contributed by atoms with E-state index in [1.54, 1.807) is 13.0 Å². The van der Waals surface area contributed by atoms with Crippen LogP contribution in [0.15, 0.2) is 11.6 Å². The van der Waals surface area contributed by atoms with Crippen molar-refractivity contribution >= 4 is 5.97 Å². The van der Waals surface area contributed by atoms with Crippen molar-refractivity contribution in [3.63, 3.8) is 0 Å². The molecule has 0 fully saturated rings. The molecule has 0 amide bonds. The van der Waals surface area contributed by atoms with Gasteiger partial charge in [0.2, 0.25) is 0 Å². The van der Waals surface area contributed by atoms with Crippen molar-refractivity contribution in [1.29, 1.82) is 0 Å². The molecule has 0 aliphatic heterocycles. The van der Waals surface area contributed by atoms with Crippen LogP contribution < -0.4 is 0 Å². The van der Waals surface area contributed by atoms with Gasteiger partial charge in [-0.3, -0.25) is 0 Å². The maximum atomic E-state index is 10.4. The second kappa shape index (κ2) is 5.75.